The maximum Gasteiger partial charge on any atom is 0.171 e. The van der Waals surface area contributed by atoms with Crippen LogP contribution >= 0.6 is 11.6 Å². The first kappa shape index (κ1) is 12.5. The largest absolute Gasteiger partial charge is 0.490 e. The molecule has 0 radical (unpaired) electrons. The van der Waals surface area contributed by atoms with Gasteiger partial charge in [-0.15, -0.1) is 11.6 Å². The molecular weight excluding hydrogens is 236 g/mol. The van der Waals surface area contributed by atoms with Crippen molar-refractivity contribution in [1.29, 1.82) is 0 Å². The van der Waals surface area contributed by atoms with Crippen LogP contribution in [0.25, 0.3) is 0 Å². The van der Waals surface area contributed by atoms with E-state index in [1.807, 2.05) is 19.1 Å². The maximum absolute atomic E-state index is 6.00. The van der Waals surface area contributed by atoms with E-state index < -0.39 is 0 Å². The summed E-state index contributed by atoms with van der Waals surface area (Å²) in [7, 11) is 2.06. The average Bonchev–Trinajstić information content (AvgIpc) is 2.28. The van der Waals surface area contributed by atoms with Crippen molar-refractivity contribution in [2.45, 2.75) is 25.1 Å². The molecule has 1 aliphatic carbocycles. The van der Waals surface area contributed by atoms with Crippen LogP contribution in [0.4, 0.5) is 5.82 Å². The van der Waals surface area contributed by atoms with E-state index in [4.69, 9.17) is 16.3 Å². The quantitative estimate of drug-likeness (QED) is 0.756. The van der Waals surface area contributed by atoms with E-state index in [1.54, 1.807) is 6.20 Å². The highest BCUT2D eigenvalue weighted by molar-refractivity contribution is 6.21. The lowest BCUT2D eigenvalue weighted by molar-refractivity contribution is 0.321. The topological polar surface area (TPSA) is 25.4 Å². The van der Waals surface area contributed by atoms with Gasteiger partial charge < -0.3 is 9.64 Å². The smallest absolute Gasteiger partial charge is 0.171 e. The summed E-state index contributed by atoms with van der Waals surface area (Å²) in [4.78, 5) is 6.56. The van der Waals surface area contributed by atoms with Crippen LogP contribution in [0.2, 0.25) is 0 Å². The molecule has 94 valence electrons. The number of pyridine rings is 1. The maximum atomic E-state index is 6.00. The zero-order chi connectivity index (χ0) is 12.3. The summed E-state index contributed by atoms with van der Waals surface area (Å²) in [6, 6.07) is 3.87. The van der Waals surface area contributed by atoms with Gasteiger partial charge in [0.1, 0.15) is 0 Å². The van der Waals surface area contributed by atoms with Gasteiger partial charge in [-0.05, 0) is 37.8 Å². The lowest BCUT2D eigenvalue weighted by Gasteiger charge is -2.34. The Morgan fingerprint density at radius 1 is 1.53 bits per heavy atom. The number of ether oxygens (including phenoxy) is 1. The molecule has 1 aromatic heterocycles. The highest BCUT2D eigenvalue weighted by Gasteiger charge is 2.28. The first-order valence-corrected chi connectivity index (χ1v) is 6.57. The van der Waals surface area contributed by atoms with Crippen LogP contribution in [0.15, 0.2) is 18.3 Å². The van der Waals surface area contributed by atoms with Gasteiger partial charge in [0.05, 0.1) is 6.61 Å². The van der Waals surface area contributed by atoms with Crippen molar-refractivity contribution >= 4 is 17.4 Å². The summed E-state index contributed by atoms with van der Waals surface area (Å²) in [5.74, 6) is 2.48. The Morgan fingerprint density at radius 3 is 2.94 bits per heavy atom. The Hall–Kier alpha value is -0.960. The summed E-state index contributed by atoms with van der Waals surface area (Å²) < 4.78 is 5.58. The normalized spacial score (nSPS) is 23.0. The number of anilines is 1. The van der Waals surface area contributed by atoms with Crippen LogP contribution in [0.1, 0.15) is 19.8 Å². The third-order valence-corrected chi connectivity index (χ3v) is 3.48. The van der Waals surface area contributed by atoms with Gasteiger partial charge in [0.2, 0.25) is 0 Å². The molecule has 0 bridgehead atoms. The number of hydrogen-bond acceptors (Lipinski definition) is 3. The van der Waals surface area contributed by atoms with Crippen LogP contribution in [0.5, 0.6) is 5.75 Å². The number of hydrogen-bond donors (Lipinski definition) is 0. The molecule has 0 saturated heterocycles. The van der Waals surface area contributed by atoms with Crippen LogP contribution < -0.4 is 9.64 Å². The van der Waals surface area contributed by atoms with E-state index in [0.29, 0.717) is 17.9 Å². The zero-order valence-electron chi connectivity index (χ0n) is 10.4. The van der Waals surface area contributed by atoms with E-state index in [-0.39, 0.29) is 0 Å². The van der Waals surface area contributed by atoms with E-state index in [9.17, 15) is 0 Å². The van der Waals surface area contributed by atoms with Gasteiger partial charge >= 0.3 is 0 Å². The lowest BCUT2D eigenvalue weighted by atomic mass is 9.84. The van der Waals surface area contributed by atoms with Crippen LogP contribution in [-0.2, 0) is 0 Å². The Kier molecular flexibility index (Phi) is 4.11. The second-order valence-electron chi connectivity index (χ2n) is 4.57. The molecule has 0 aliphatic heterocycles. The van der Waals surface area contributed by atoms with Gasteiger partial charge in [-0.25, -0.2) is 4.98 Å². The van der Waals surface area contributed by atoms with Crippen LogP contribution in [-0.4, -0.2) is 30.6 Å². The molecule has 0 atom stereocenters. The first-order chi connectivity index (χ1) is 8.20. The Bertz CT molecular complexity index is 366. The SMILES string of the molecule is CCOc1cccnc1N(C)CC1CC(Cl)C1. The van der Waals surface area contributed by atoms with Crippen molar-refractivity contribution in [3.63, 3.8) is 0 Å². The summed E-state index contributed by atoms with van der Waals surface area (Å²) >= 11 is 6.00. The summed E-state index contributed by atoms with van der Waals surface area (Å²) in [5, 5.41) is 0.378. The zero-order valence-corrected chi connectivity index (χ0v) is 11.2. The van der Waals surface area contributed by atoms with Crippen molar-refractivity contribution < 1.29 is 4.74 Å². The standard InChI is InChI=1S/C13H19ClN2O/c1-3-17-12-5-4-6-15-13(12)16(2)9-10-7-11(14)8-10/h4-6,10-11H,3,7-9H2,1-2H3. The highest BCUT2D eigenvalue weighted by Crippen LogP contribution is 2.34. The minimum atomic E-state index is 0.378. The molecule has 1 aliphatic rings. The molecular formula is C13H19ClN2O. The third-order valence-electron chi connectivity index (χ3n) is 3.12. The Labute approximate surface area is 108 Å². The van der Waals surface area contributed by atoms with E-state index >= 15 is 0 Å². The van der Waals surface area contributed by atoms with Gasteiger partial charge in [-0.1, -0.05) is 0 Å². The molecule has 17 heavy (non-hydrogen) atoms. The minimum absolute atomic E-state index is 0.378. The van der Waals surface area contributed by atoms with Crippen molar-refractivity contribution in [2.24, 2.45) is 5.92 Å². The lowest BCUT2D eigenvalue weighted by Crippen LogP contribution is -2.35. The predicted octanol–water partition coefficient (Wildman–Crippen LogP) is 2.93. The van der Waals surface area contributed by atoms with E-state index in [2.05, 4.69) is 16.9 Å². The molecule has 1 saturated carbocycles. The first-order valence-electron chi connectivity index (χ1n) is 6.13. The molecule has 0 aromatic carbocycles. The van der Waals surface area contributed by atoms with Crippen molar-refractivity contribution in [3.8, 4) is 5.75 Å². The number of nitrogens with zero attached hydrogens (tertiary/aromatic N) is 2. The van der Waals surface area contributed by atoms with E-state index in [0.717, 1.165) is 31.0 Å². The van der Waals surface area contributed by atoms with E-state index in [1.165, 1.54) is 0 Å². The Morgan fingerprint density at radius 2 is 2.29 bits per heavy atom. The predicted molar refractivity (Wildman–Crippen MR) is 71.0 cm³/mol. The van der Waals surface area contributed by atoms with Crippen LogP contribution in [0.3, 0.4) is 0 Å². The van der Waals surface area contributed by atoms with Gasteiger partial charge in [0.15, 0.2) is 11.6 Å². The number of rotatable bonds is 5. The number of alkyl halides is 1. The molecule has 2 rings (SSSR count). The second-order valence-corrected chi connectivity index (χ2v) is 5.19. The fourth-order valence-corrected chi connectivity index (χ4v) is 2.72. The Balaban J connectivity index is 1.99. The fourth-order valence-electron chi connectivity index (χ4n) is 2.21. The van der Waals surface area contributed by atoms with Gasteiger partial charge in [0, 0.05) is 25.2 Å². The molecule has 0 unspecified atom stereocenters. The molecule has 4 heteroatoms. The summed E-state index contributed by atoms with van der Waals surface area (Å²) in [5.41, 5.74) is 0. The van der Waals surface area contributed by atoms with Crippen molar-refractivity contribution in [1.82, 2.24) is 4.98 Å². The van der Waals surface area contributed by atoms with Gasteiger partial charge in [-0.3, -0.25) is 0 Å². The van der Waals surface area contributed by atoms with Crippen molar-refractivity contribution in [2.75, 3.05) is 25.1 Å². The number of halogens is 1. The monoisotopic (exact) mass is 254 g/mol. The molecule has 3 nitrogen and oxygen atoms in total. The molecule has 0 N–H and O–H groups in total. The molecule has 0 spiro atoms. The molecule has 0 amide bonds. The summed E-state index contributed by atoms with van der Waals surface area (Å²) in [6.07, 6.45) is 4.03. The van der Waals surface area contributed by atoms with Crippen molar-refractivity contribution in [3.05, 3.63) is 18.3 Å². The second kappa shape index (κ2) is 5.58. The van der Waals surface area contributed by atoms with Crippen LogP contribution in [0, 0.1) is 5.92 Å². The summed E-state index contributed by atoms with van der Waals surface area (Å²) in [6.45, 7) is 3.65. The molecule has 1 heterocycles. The highest BCUT2D eigenvalue weighted by atomic mass is 35.5. The van der Waals surface area contributed by atoms with Gasteiger partial charge in [-0.2, -0.15) is 0 Å². The average molecular weight is 255 g/mol. The fraction of sp³-hybridized carbons (Fsp3) is 0.615. The minimum Gasteiger partial charge on any atom is -0.490 e. The number of aromatic nitrogens is 1. The third kappa shape index (κ3) is 3.03. The van der Waals surface area contributed by atoms with Gasteiger partial charge in [0.25, 0.3) is 0 Å². The molecule has 1 fully saturated rings. The molecule has 1 aromatic rings.